The summed E-state index contributed by atoms with van der Waals surface area (Å²) in [6.07, 6.45) is -4.03. The standard InChI is InChI=1S/C23H19F4N3O3/c1-14(28-20(31)13-30-12-17(23(25,26)27)6-11-21(30)32)15-4-9-19(10-5-15)29-22(33)16-2-7-18(24)8-3-16/h2-12,14H,13H2,1H3,(H,28,31)(H,29,33). The fourth-order valence-electron chi connectivity index (χ4n) is 3.01. The van der Waals surface area contributed by atoms with Gasteiger partial charge < -0.3 is 15.2 Å². The van der Waals surface area contributed by atoms with Gasteiger partial charge in [0.15, 0.2) is 0 Å². The first-order chi connectivity index (χ1) is 15.5. The Bertz CT molecular complexity index is 1200. The van der Waals surface area contributed by atoms with Gasteiger partial charge in [-0.3, -0.25) is 14.4 Å². The van der Waals surface area contributed by atoms with E-state index >= 15 is 0 Å². The van der Waals surface area contributed by atoms with E-state index in [1.807, 2.05) is 0 Å². The molecule has 2 amide bonds. The highest BCUT2D eigenvalue weighted by Crippen LogP contribution is 2.28. The minimum atomic E-state index is -4.63. The van der Waals surface area contributed by atoms with E-state index in [9.17, 15) is 31.9 Å². The number of nitrogens with one attached hydrogen (secondary N) is 2. The Balaban J connectivity index is 1.61. The largest absolute Gasteiger partial charge is 0.417 e. The Labute approximate surface area is 185 Å². The maximum absolute atomic E-state index is 13.0. The maximum Gasteiger partial charge on any atom is 0.417 e. The van der Waals surface area contributed by atoms with E-state index in [1.54, 1.807) is 31.2 Å². The number of benzene rings is 2. The van der Waals surface area contributed by atoms with Crippen molar-refractivity contribution >= 4 is 17.5 Å². The molecule has 10 heteroatoms. The molecule has 3 aromatic rings. The molecule has 6 nitrogen and oxygen atoms in total. The third-order valence-corrected chi connectivity index (χ3v) is 4.78. The molecular formula is C23H19F4N3O3. The van der Waals surface area contributed by atoms with E-state index in [4.69, 9.17) is 0 Å². The smallest absolute Gasteiger partial charge is 0.348 e. The van der Waals surface area contributed by atoms with Crippen LogP contribution in [0.1, 0.15) is 34.5 Å². The Kier molecular flexibility index (Phi) is 6.95. The minimum Gasteiger partial charge on any atom is -0.348 e. The number of aromatic nitrogens is 1. The van der Waals surface area contributed by atoms with Gasteiger partial charge >= 0.3 is 6.18 Å². The topological polar surface area (TPSA) is 80.2 Å². The van der Waals surface area contributed by atoms with Crippen LogP contribution in [0.5, 0.6) is 0 Å². The number of alkyl halides is 3. The summed E-state index contributed by atoms with van der Waals surface area (Å²) in [5, 5.41) is 5.28. The van der Waals surface area contributed by atoms with Gasteiger partial charge in [-0.15, -0.1) is 0 Å². The molecule has 3 rings (SSSR count). The number of anilines is 1. The third-order valence-electron chi connectivity index (χ3n) is 4.78. The zero-order chi connectivity index (χ0) is 24.2. The van der Waals surface area contributed by atoms with Gasteiger partial charge in [-0.1, -0.05) is 12.1 Å². The summed E-state index contributed by atoms with van der Waals surface area (Å²) in [5.74, 6) is -1.52. The van der Waals surface area contributed by atoms with Crippen LogP contribution in [-0.2, 0) is 17.5 Å². The summed E-state index contributed by atoms with van der Waals surface area (Å²) in [6, 6.07) is 12.5. The molecule has 0 fully saturated rings. The van der Waals surface area contributed by atoms with Gasteiger partial charge in [0.05, 0.1) is 11.6 Å². The molecule has 0 aliphatic heterocycles. The molecule has 0 saturated carbocycles. The molecule has 0 aliphatic rings. The normalized spacial score (nSPS) is 12.2. The lowest BCUT2D eigenvalue weighted by molar-refractivity contribution is -0.138. The average Bonchev–Trinajstić information content (AvgIpc) is 2.75. The van der Waals surface area contributed by atoms with Gasteiger partial charge in [0.1, 0.15) is 12.4 Å². The molecule has 1 atom stereocenters. The molecule has 0 radical (unpaired) electrons. The Morgan fingerprint density at radius 3 is 2.21 bits per heavy atom. The van der Waals surface area contributed by atoms with Crippen LogP contribution in [-0.4, -0.2) is 16.4 Å². The van der Waals surface area contributed by atoms with Crippen molar-refractivity contribution in [2.75, 3.05) is 5.32 Å². The lowest BCUT2D eigenvalue weighted by Crippen LogP contribution is -2.34. The first-order valence-corrected chi connectivity index (χ1v) is 9.77. The highest BCUT2D eigenvalue weighted by Gasteiger charge is 2.31. The van der Waals surface area contributed by atoms with Gasteiger partial charge in [-0.05, 0) is 55.0 Å². The van der Waals surface area contributed by atoms with Gasteiger partial charge in [0.2, 0.25) is 5.91 Å². The highest BCUT2D eigenvalue weighted by atomic mass is 19.4. The zero-order valence-electron chi connectivity index (χ0n) is 17.3. The average molecular weight is 461 g/mol. The Morgan fingerprint density at radius 2 is 1.61 bits per heavy atom. The molecule has 0 spiro atoms. The van der Waals surface area contributed by atoms with E-state index in [0.29, 0.717) is 28.1 Å². The number of amides is 2. The second kappa shape index (κ2) is 9.68. The van der Waals surface area contributed by atoms with Crippen molar-refractivity contribution in [1.82, 2.24) is 9.88 Å². The van der Waals surface area contributed by atoms with Crippen molar-refractivity contribution in [2.24, 2.45) is 0 Å². The number of hydrogen-bond acceptors (Lipinski definition) is 3. The zero-order valence-corrected chi connectivity index (χ0v) is 17.3. The van der Waals surface area contributed by atoms with Gasteiger partial charge in [-0.25, -0.2) is 4.39 Å². The number of hydrogen-bond donors (Lipinski definition) is 2. The number of rotatable bonds is 6. The van der Waals surface area contributed by atoms with E-state index in [2.05, 4.69) is 10.6 Å². The van der Waals surface area contributed by atoms with Crippen LogP contribution in [0.15, 0.2) is 71.7 Å². The first-order valence-electron chi connectivity index (χ1n) is 9.77. The summed E-state index contributed by atoms with van der Waals surface area (Å²) in [5.41, 5.74) is -0.333. The van der Waals surface area contributed by atoms with Crippen LogP contribution < -0.4 is 16.2 Å². The Hall–Kier alpha value is -3.95. The predicted molar refractivity (Wildman–Crippen MR) is 113 cm³/mol. The van der Waals surface area contributed by atoms with Gasteiger partial charge in [0, 0.05) is 23.5 Å². The number of halogens is 4. The van der Waals surface area contributed by atoms with Crippen LogP contribution in [0.2, 0.25) is 0 Å². The predicted octanol–water partition coefficient (Wildman–Crippen LogP) is 4.14. The summed E-state index contributed by atoms with van der Waals surface area (Å²) in [7, 11) is 0. The lowest BCUT2D eigenvalue weighted by Gasteiger charge is -2.16. The molecule has 0 bridgehead atoms. The van der Waals surface area contributed by atoms with Gasteiger partial charge in [0.25, 0.3) is 11.5 Å². The van der Waals surface area contributed by atoms with Crippen molar-refractivity contribution in [3.8, 4) is 0 Å². The highest BCUT2D eigenvalue weighted by molar-refractivity contribution is 6.04. The molecular weight excluding hydrogens is 442 g/mol. The van der Waals surface area contributed by atoms with Crippen LogP contribution in [0.4, 0.5) is 23.2 Å². The molecule has 2 aromatic carbocycles. The van der Waals surface area contributed by atoms with E-state index in [1.165, 1.54) is 24.3 Å². The van der Waals surface area contributed by atoms with E-state index in [-0.39, 0.29) is 5.56 Å². The SMILES string of the molecule is CC(NC(=O)Cn1cc(C(F)(F)F)ccc1=O)c1ccc(NC(=O)c2ccc(F)cc2)cc1. The van der Waals surface area contributed by atoms with Crippen molar-refractivity contribution in [3.63, 3.8) is 0 Å². The summed E-state index contributed by atoms with van der Waals surface area (Å²) < 4.78 is 52.2. The molecule has 0 saturated heterocycles. The fourth-order valence-corrected chi connectivity index (χ4v) is 3.01. The molecule has 1 heterocycles. The lowest BCUT2D eigenvalue weighted by atomic mass is 10.1. The maximum atomic E-state index is 13.0. The second-order valence-electron chi connectivity index (χ2n) is 7.25. The summed E-state index contributed by atoms with van der Waals surface area (Å²) in [4.78, 5) is 36.3. The van der Waals surface area contributed by atoms with Crippen molar-refractivity contribution in [3.05, 3.63) is 99.7 Å². The van der Waals surface area contributed by atoms with Crippen molar-refractivity contribution in [2.45, 2.75) is 25.7 Å². The van der Waals surface area contributed by atoms with Crippen molar-refractivity contribution in [1.29, 1.82) is 0 Å². The first kappa shape index (κ1) is 23.7. The number of nitrogens with zero attached hydrogens (tertiary/aromatic N) is 1. The summed E-state index contributed by atoms with van der Waals surface area (Å²) >= 11 is 0. The molecule has 2 N–H and O–H groups in total. The molecule has 0 aliphatic carbocycles. The minimum absolute atomic E-state index is 0.283. The molecule has 1 unspecified atom stereocenters. The molecule has 172 valence electrons. The van der Waals surface area contributed by atoms with Crippen LogP contribution in [0.3, 0.4) is 0 Å². The molecule has 33 heavy (non-hydrogen) atoms. The number of pyridine rings is 1. The van der Waals surface area contributed by atoms with E-state index < -0.39 is 47.5 Å². The summed E-state index contributed by atoms with van der Waals surface area (Å²) in [6.45, 7) is 1.10. The number of carbonyl (C=O) groups is 2. The third kappa shape index (κ3) is 6.28. The molecule has 1 aromatic heterocycles. The quantitative estimate of drug-likeness (QED) is 0.542. The van der Waals surface area contributed by atoms with Crippen LogP contribution in [0.25, 0.3) is 0 Å². The van der Waals surface area contributed by atoms with Crippen LogP contribution >= 0.6 is 0 Å². The number of carbonyl (C=O) groups excluding carboxylic acids is 2. The van der Waals surface area contributed by atoms with E-state index in [0.717, 1.165) is 6.07 Å². The second-order valence-corrected chi connectivity index (χ2v) is 7.25. The van der Waals surface area contributed by atoms with Crippen LogP contribution in [0, 0.1) is 5.82 Å². The monoisotopic (exact) mass is 461 g/mol. The Morgan fingerprint density at radius 1 is 0.970 bits per heavy atom. The van der Waals surface area contributed by atoms with Crippen molar-refractivity contribution < 1.29 is 27.2 Å². The van der Waals surface area contributed by atoms with Gasteiger partial charge in [-0.2, -0.15) is 13.2 Å². The fraction of sp³-hybridized carbons (Fsp3) is 0.174.